The first-order chi connectivity index (χ1) is 10.2. The fourth-order valence-electron chi connectivity index (χ4n) is 2.69. The molecule has 0 saturated carbocycles. The van der Waals surface area contributed by atoms with E-state index < -0.39 is 23.0 Å². The quantitative estimate of drug-likeness (QED) is 0.506. The van der Waals surface area contributed by atoms with E-state index in [1.54, 1.807) is 0 Å². The molecule has 5 nitrogen and oxygen atoms in total. The number of methoxy groups -OCH3 is 1. The Morgan fingerprint density at radius 3 is 2.50 bits per heavy atom. The Balaban J connectivity index is 2.87. The van der Waals surface area contributed by atoms with E-state index in [1.165, 1.54) is 20.1 Å². The first kappa shape index (κ1) is 18.8. The Kier molecular flexibility index (Phi) is 6.32. The van der Waals surface area contributed by atoms with E-state index in [0.717, 1.165) is 25.7 Å². The third kappa shape index (κ3) is 3.96. The van der Waals surface area contributed by atoms with Gasteiger partial charge in [-0.3, -0.25) is 9.59 Å². The van der Waals surface area contributed by atoms with E-state index in [-0.39, 0.29) is 11.5 Å². The molecule has 0 fully saturated rings. The van der Waals surface area contributed by atoms with Crippen LogP contribution in [0.3, 0.4) is 0 Å². The van der Waals surface area contributed by atoms with Gasteiger partial charge in [-0.1, -0.05) is 46.5 Å². The van der Waals surface area contributed by atoms with Crippen LogP contribution in [0.4, 0.5) is 0 Å². The maximum Gasteiger partial charge on any atom is 0.257 e. The van der Waals surface area contributed by atoms with Gasteiger partial charge in [-0.05, 0) is 19.4 Å². The Morgan fingerprint density at radius 1 is 1.41 bits per heavy atom. The van der Waals surface area contributed by atoms with Gasteiger partial charge in [-0.25, -0.2) is 0 Å². The highest BCUT2D eigenvalue weighted by Crippen LogP contribution is 2.30. The molecule has 1 rings (SSSR count). The van der Waals surface area contributed by atoms with Gasteiger partial charge in [0.15, 0.2) is 11.5 Å². The minimum absolute atomic E-state index is 0.00367. The molecule has 2 N–H and O–H groups in total. The molecule has 1 aliphatic heterocycles. The summed E-state index contributed by atoms with van der Waals surface area (Å²) in [5.41, 5.74) is -2.49. The Morgan fingerprint density at radius 2 is 2.05 bits per heavy atom. The summed E-state index contributed by atoms with van der Waals surface area (Å²) in [7, 11) is 1.49. The van der Waals surface area contributed by atoms with Crippen LogP contribution in [0, 0.1) is 5.92 Å². The summed E-state index contributed by atoms with van der Waals surface area (Å²) >= 11 is 0. The standard InChI is InChI=1S/C17H29NO4/c1-6-7-8-9-10-16(4,21)14(19)13-11-17(22-5,12(2)3)18-15(13)20/h11-12,21H,6-10H2,1-5H3,(H,18,20)/t16-,17+/m0/s1. The van der Waals surface area contributed by atoms with Crippen LogP contribution in [0.5, 0.6) is 0 Å². The van der Waals surface area contributed by atoms with Crippen molar-refractivity contribution in [3.05, 3.63) is 11.6 Å². The molecule has 1 heterocycles. The average molecular weight is 311 g/mol. The molecule has 0 aromatic carbocycles. The van der Waals surface area contributed by atoms with Crippen molar-refractivity contribution in [1.82, 2.24) is 5.32 Å². The van der Waals surface area contributed by atoms with Gasteiger partial charge in [0.25, 0.3) is 5.91 Å². The number of ether oxygens (including phenoxy) is 1. The highest BCUT2D eigenvalue weighted by Gasteiger charge is 2.45. The number of hydrogen-bond donors (Lipinski definition) is 2. The number of amides is 1. The molecule has 1 aliphatic rings. The number of carbonyl (C=O) groups is 2. The molecule has 0 saturated heterocycles. The number of ketones is 1. The van der Waals surface area contributed by atoms with E-state index in [1.807, 2.05) is 13.8 Å². The van der Waals surface area contributed by atoms with Gasteiger partial charge in [-0.2, -0.15) is 0 Å². The van der Waals surface area contributed by atoms with Crippen LogP contribution >= 0.6 is 0 Å². The molecule has 0 radical (unpaired) electrons. The zero-order valence-electron chi connectivity index (χ0n) is 14.4. The van der Waals surface area contributed by atoms with Gasteiger partial charge >= 0.3 is 0 Å². The van der Waals surface area contributed by atoms with Crippen LogP contribution in [0.2, 0.25) is 0 Å². The molecular weight excluding hydrogens is 282 g/mol. The van der Waals surface area contributed by atoms with Crippen LogP contribution in [-0.2, 0) is 14.3 Å². The topological polar surface area (TPSA) is 75.6 Å². The van der Waals surface area contributed by atoms with Gasteiger partial charge in [0, 0.05) is 13.0 Å². The molecule has 0 aromatic rings. The van der Waals surface area contributed by atoms with Crippen LogP contribution in [0.1, 0.15) is 59.8 Å². The Bertz CT molecular complexity index is 454. The van der Waals surface area contributed by atoms with Crippen molar-refractivity contribution in [2.24, 2.45) is 5.92 Å². The van der Waals surface area contributed by atoms with E-state index in [2.05, 4.69) is 12.2 Å². The number of rotatable bonds is 9. The van der Waals surface area contributed by atoms with Crippen molar-refractivity contribution in [3.63, 3.8) is 0 Å². The van der Waals surface area contributed by atoms with E-state index in [4.69, 9.17) is 4.74 Å². The Labute approximate surface area is 133 Å². The SMILES string of the molecule is CCCCCC[C@](C)(O)C(=O)C1=C[C@@](OC)(C(C)C)NC1=O. The van der Waals surface area contributed by atoms with Crippen molar-refractivity contribution < 1.29 is 19.4 Å². The maximum absolute atomic E-state index is 12.5. The summed E-state index contributed by atoms with van der Waals surface area (Å²) in [5, 5.41) is 13.1. The first-order valence-corrected chi connectivity index (χ1v) is 8.08. The number of carbonyl (C=O) groups excluding carboxylic acids is 2. The summed E-state index contributed by atoms with van der Waals surface area (Å²) in [6.45, 7) is 7.39. The molecule has 0 bridgehead atoms. The lowest BCUT2D eigenvalue weighted by Crippen LogP contribution is -2.48. The monoisotopic (exact) mass is 311 g/mol. The highest BCUT2D eigenvalue weighted by atomic mass is 16.5. The van der Waals surface area contributed by atoms with Crippen LogP contribution in [0.25, 0.3) is 0 Å². The fraction of sp³-hybridized carbons (Fsp3) is 0.765. The van der Waals surface area contributed by atoms with Gasteiger partial charge in [-0.15, -0.1) is 0 Å². The fourth-order valence-corrected chi connectivity index (χ4v) is 2.69. The van der Waals surface area contributed by atoms with Gasteiger partial charge in [0.2, 0.25) is 0 Å². The van der Waals surface area contributed by atoms with E-state index in [0.29, 0.717) is 6.42 Å². The van der Waals surface area contributed by atoms with Crippen LogP contribution < -0.4 is 5.32 Å². The molecule has 2 atom stereocenters. The summed E-state index contributed by atoms with van der Waals surface area (Å²) in [6.07, 6.45) is 5.78. The van der Waals surface area contributed by atoms with Crippen molar-refractivity contribution in [3.8, 4) is 0 Å². The zero-order valence-corrected chi connectivity index (χ0v) is 14.4. The van der Waals surface area contributed by atoms with Crippen molar-refractivity contribution in [2.45, 2.75) is 71.1 Å². The van der Waals surface area contributed by atoms with Gasteiger partial charge in [0.05, 0.1) is 5.57 Å². The molecule has 22 heavy (non-hydrogen) atoms. The summed E-state index contributed by atoms with van der Waals surface area (Å²) in [5.74, 6) is -1.03. The molecule has 5 heteroatoms. The normalized spacial score (nSPS) is 24.1. The summed E-state index contributed by atoms with van der Waals surface area (Å²) < 4.78 is 5.39. The van der Waals surface area contributed by atoms with Crippen LogP contribution in [-0.4, -0.2) is 35.2 Å². The minimum Gasteiger partial charge on any atom is -0.382 e. The average Bonchev–Trinajstić information content (AvgIpc) is 2.81. The lowest BCUT2D eigenvalue weighted by Gasteiger charge is -2.29. The lowest BCUT2D eigenvalue weighted by molar-refractivity contribution is -0.135. The molecular formula is C17H29NO4. The molecule has 126 valence electrons. The van der Waals surface area contributed by atoms with E-state index in [9.17, 15) is 14.7 Å². The first-order valence-electron chi connectivity index (χ1n) is 8.08. The Hall–Kier alpha value is -1.20. The second kappa shape index (κ2) is 7.38. The predicted octanol–water partition coefficient (Wildman–Crippen LogP) is 2.33. The molecule has 0 unspecified atom stereocenters. The molecule has 1 amide bonds. The van der Waals surface area contributed by atoms with Crippen molar-refractivity contribution in [2.75, 3.05) is 7.11 Å². The van der Waals surface area contributed by atoms with Crippen LogP contribution in [0.15, 0.2) is 11.6 Å². The number of nitrogens with one attached hydrogen (secondary N) is 1. The highest BCUT2D eigenvalue weighted by molar-refractivity contribution is 6.23. The van der Waals surface area contributed by atoms with Crippen molar-refractivity contribution >= 4 is 11.7 Å². The van der Waals surface area contributed by atoms with Crippen molar-refractivity contribution in [1.29, 1.82) is 0 Å². The smallest absolute Gasteiger partial charge is 0.257 e. The number of unbranched alkanes of at least 4 members (excludes halogenated alkanes) is 3. The number of hydrogen-bond acceptors (Lipinski definition) is 4. The number of aliphatic hydroxyl groups is 1. The van der Waals surface area contributed by atoms with Gasteiger partial charge < -0.3 is 15.2 Å². The van der Waals surface area contributed by atoms with Gasteiger partial charge in [0.1, 0.15) is 5.60 Å². The largest absolute Gasteiger partial charge is 0.382 e. The second-order valence-corrected chi connectivity index (χ2v) is 6.58. The molecule has 0 aromatic heterocycles. The van der Waals surface area contributed by atoms with E-state index >= 15 is 0 Å². The second-order valence-electron chi connectivity index (χ2n) is 6.58. The minimum atomic E-state index is -1.52. The third-order valence-corrected chi connectivity index (χ3v) is 4.36. The summed E-state index contributed by atoms with van der Waals surface area (Å²) in [6, 6.07) is 0. The lowest BCUT2D eigenvalue weighted by atomic mass is 9.88. The zero-order chi connectivity index (χ0) is 17.0. The number of Topliss-reactive ketones (excluding diaryl/α,β-unsaturated/α-hetero) is 1. The molecule has 0 aliphatic carbocycles. The molecule has 0 spiro atoms. The third-order valence-electron chi connectivity index (χ3n) is 4.36. The maximum atomic E-state index is 12.5. The predicted molar refractivity (Wildman–Crippen MR) is 85.2 cm³/mol. The summed E-state index contributed by atoms with van der Waals surface area (Å²) in [4.78, 5) is 24.7.